The first-order valence-electron chi connectivity index (χ1n) is 5.74. The van der Waals surface area contributed by atoms with E-state index in [1.165, 1.54) is 37.8 Å². The second-order valence-corrected chi connectivity index (χ2v) is 4.32. The third kappa shape index (κ3) is 1.62. The van der Waals surface area contributed by atoms with Gasteiger partial charge < -0.3 is 0 Å². The van der Waals surface area contributed by atoms with E-state index in [2.05, 4.69) is 22.2 Å². The summed E-state index contributed by atoms with van der Waals surface area (Å²) >= 11 is 0. The molecule has 0 aliphatic heterocycles. The van der Waals surface area contributed by atoms with Gasteiger partial charge in [-0.2, -0.15) is 5.10 Å². The molecule has 15 heavy (non-hydrogen) atoms. The summed E-state index contributed by atoms with van der Waals surface area (Å²) in [6.45, 7) is 0. The summed E-state index contributed by atoms with van der Waals surface area (Å²) in [5.74, 6) is 0.672. The summed E-state index contributed by atoms with van der Waals surface area (Å²) in [5, 5.41) is 4.61. The molecule has 78 valence electrons. The number of aromatic nitrogens is 3. The monoisotopic (exact) mass is 201 g/mol. The Bertz CT molecular complexity index is 455. The number of hydrogen-bond donors (Lipinski definition) is 0. The van der Waals surface area contributed by atoms with Crippen LogP contribution in [0.5, 0.6) is 0 Å². The molecule has 0 unspecified atom stereocenters. The van der Waals surface area contributed by atoms with Crippen LogP contribution < -0.4 is 0 Å². The second-order valence-electron chi connectivity index (χ2n) is 4.32. The minimum absolute atomic E-state index is 0.672. The quantitative estimate of drug-likeness (QED) is 0.710. The van der Waals surface area contributed by atoms with Crippen molar-refractivity contribution in [3.05, 3.63) is 30.2 Å². The fourth-order valence-electron chi connectivity index (χ4n) is 2.45. The van der Waals surface area contributed by atoms with Gasteiger partial charge in [0.1, 0.15) is 0 Å². The van der Waals surface area contributed by atoms with Crippen molar-refractivity contribution in [1.29, 1.82) is 0 Å². The maximum absolute atomic E-state index is 4.61. The standard InChI is InChI=1S/C12H15N3/c1-2-4-10(5-3-1)11-6-7-12-13-8-9-15(12)14-11/h6-10H,1-5H2. The Kier molecular flexibility index (Phi) is 2.16. The zero-order valence-corrected chi connectivity index (χ0v) is 8.76. The molecule has 0 bridgehead atoms. The van der Waals surface area contributed by atoms with Gasteiger partial charge in [0, 0.05) is 18.3 Å². The molecule has 0 amide bonds. The van der Waals surface area contributed by atoms with Crippen molar-refractivity contribution >= 4 is 5.65 Å². The summed E-state index contributed by atoms with van der Waals surface area (Å²) < 4.78 is 1.88. The summed E-state index contributed by atoms with van der Waals surface area (Å²) in [5.41, 5.74) is 2.18. The van der Waals surface area contributed by atoms with E-state index >= 15 is 0 Å². The third-order valence-corrected chi connectivity index (χ3v) is 3.30. The lowest BCUT2D eigenvalue weighted by molar-refractivity contribution is 0.433. The maximum atomic E-state index is 4.61. The van der Waals surface area contributed by atoms with Crippen LogP contribution in [-0.2, 0) is 0 Å². The van der Waals surface area contributed by atoms with Crippen LogP contribution in [0.2, 0.25) is 0 Å². The van der Waals surface area contributed by atoms with Crippen molar-refractivity contribution in [3.8, 4) is 0 Å². The van der Waals surface area contributed by atoms with Gasteiger partial charge in [0.25, 0.3) is 0 Å². The molecule has 3 nitrogen and oxygen atoms in total. The van der Waals surface area contributed by atoms with Crippen LogP contribution in [0.4, 0.5) is 0 Å². The summed E-state index contributed by atoms with van der Waals surface area (Å²) in [6, 6.07) is 4.20. The minimum atomic E-state index is 0.672. The first kappa shape index (κ1) is 8.89. The Morgan fingerprint density at radius 3 is 2.87 bits per heavy atom. The van der Waals surface area contributed by atoms with Crippen molar-refractivity contribution in [2.24, 2.45) is 0 Å². The van der Waals surface area contributed by atoms with Gasteiger partial charge in [-0.1, -0.05) is 19.3 Å². The molecule has 0 saturated heterocycles. The molecule has 1 saturated carbocycles. The van der Waals surface area contributed by atoms with Crippen LogP contribution in [0.1, 0.15) is 43.7 Å². The lowest BCUT2D eigenvalue weighted by Gasteiger charge is -2.20. The fraction of sp³-hybridized carbons (Fsp3) is 0.500. The summed E-state index contributed by atoms with van der Waals surface area (Å²) in [7, 11) is 0. The number of hydrogen-bond acceptors (Lipinski definition) is 2. The Labute approximate surface area is 89.1 Å². The number of rotatable bonds is 1. The highest BCUT2D eigenvalue weighted by molar-refractivity contribution is 5.36. The summed E-state index contributed by atoms with van der Waals surface area (Å²) in [4.78, 5) is 4.21. The van der Waals surface area contributed by atoms with Crippen LogP contribution in [-0.4, -0.2) is 14.6 Å². The molecule has 1 fully saturated rings. The Morgan fingerprint density at radius 1 is 1.13 bits per heavy atom. The highest BCUT2D eigenvalue weighted by atomic mass is 15.2. The van der Waals surface area contributed by atoms with Gasteiger partial charge >= 0.3 is 0 Å². The van der Waals surface area contributed by atoms with Gasteiger partial charge in [-0.25, -0.2) is 9.50 Å². The lowest BCUT2D eigenvalue weighted by atomic mass is 9.87. The van der Waals surface area contributed by atoms with Gasteiger partial charge in [-0.15, -0.1) is 0 Å². The average molecular weight is 201 g/mol. The highest BCUT2D eigenvalue weighted by Gasteiger charge is 2.16. The Balaban J connectivity index is 1.95. The summed E-state index contributed by atoms with van der Waals surface area (Å²) in [6.07, 6.45) is 10.4. The van der Waals surface area contributed by atoms with Gasteiger partial charge in [0.05, 0.1) is 5.69 Å². The van der Waals surface area contributed by atoms with Gasteiger partial charge in [0.2, 0.25) is 0 Å². The third-order valence-electron chi connectivity index (χ3n) is 3.30. The van der Waals surface area contributed by atoms with E-state index < -0.39 is 0 Å². The molecule has 1 aliphatic carbocycles. The van der Waals surface area contributed by atoms with Gasteiger partial charge in [0.15, 0.2) is 5.65 Å². The molecule has 0 N–H and O–H groups in total. The Morgan fingerprint density at radius 2 is 2.00 bits per heavy atom. The van der Waals surface area contributed by atoms with Gasteiger partial charge in [-0.05, 0) is 25.0 Å². The topological polar surface area (TPSA) is 30.2 Å². The van der Waals surface area contributed by atoms with Crippen molar-refractivity contribution in [1.82, 2.24) is 14.6 Å². The van der Waals surface area contributed by atoms with Crippen molar-refractivity contribution < 1.29 is 0 Å². The molecule has 1 aliphatic rings. The molecule has 0 radical (unpaired) electrons. The number of nitrogens with zero attached hydrogens (tertiary/aromatic N) is 3. The van der Waals surface area contributed by atoms with Crippen molar-refractivity contribution in [3.63, 3.8) is 0 Å². The SMILES string of the molecule is c1cn2nc(C3CCCCC3)ccc2n1. The number of fused-ring (bicyclic) bond motifs is 1. The first-order valence-corrected chi connectivity index (χ1v) is 5.74. The van der Waals surface area contributed by atoms with Crippen LogP contribution in [0.25, 0.3) is 5.65 Å². The predicted octanol–water partition coefficient (Wildman–Crippen LogP) is 2.78. The average Bonchev–Trinajstić information content (AvgIpc) is 2.77. The predicted molar refractivity (Wildman–Crippen MR) is 58.8 cm³/mol. The van der Waals surface area contributed by atoms with E-state index in [1.54, 1.807) is 6.20 Å². The molecule has 3 heteroatoms. The zero-order chi connectivity index (χ0) is 10.1. The van der Waals surface area contributed by atoms with E-state index in [9.17, 15) is 0 Å². The molecule has 2 aromatic rings. The van der Waals surface area contributed by atoms with E-state index in [0.717, 1.165) is 5.65 Å². The highest BCUT2D eigenvalue weighted by Crippen LogP contribution is 2.31. The van der Waals surface area contributed by atoms with Crippen LogP contribution >= 0.6 is 0 Å². The fourth-order valence-corrected chi connectivity index (χ4v) is 2.45. The normalized spacial score (nSPS) is 18.4. The lowest BCUT2D eigenvalue weighted by Crippen LogP contribution is -2.08. The van der Waals surface area contributed by atoms with E-state index in [0.29, 0.717) is 5.92 Å². The molecule has 0 atom stereocenters. The minimum Gasteiger partial charge on any atom is -0.236 e. The molecular weight excluding hydrogens is 186 g/mol. The molecule has 2 heterocycles. The van der Waals surface area contributed by atoms with Crippen LogP contribution in [0.15, 0.2) is 24.5 Å². The molecule has 3 rings (SSSR count). The number of imidazole rings is 1. The van der Waals surface area contributed by atoms with E-state index in [4.69, 9.17) is 0 Å². The van der Waals surface area contributed by atoms with Gasteiger partial charge in [-0.3, -0.25) is 0 Å². The second kappa shape index (κ2) is 3.65. The first-order chi connectivity index (χ1) is 7.43. The van der Waals surface area contributed by atoms with Crippen molar-refractivity contribution in [2.45, 2.75) is 38.0 Å². The molecule has 2 aromatic heterocycles. The molecule has 0 aromatic carbocycles. The van der Waals surface area contributed by atoms with E-state index in [-0.39, 0.29) is 0 Å². The molecular formula is C12H15N3. The Hall–Kier alpha value is -1.38. The zero-order valence-electron chi connectivity index (χ0n) is 8.76. The maximum Gasteiger partial charge on any atom is 0.153 e. The van der Waals surface area contributed by atoms with Crippen LogP contribution in [0.3, 0.4) is 0 Å². The smallest absolute Gasteiger partial charge is 0.153 e. The van der Waals surface area contributed by atoms with Crippen LogP contribution in [0, 0.1) is 0 Å². The van der Waals surface area contributed by atoms with E-state index in [1.807, 2.05) is 10.7 Å². The largest absolute Gasteiger partial charge is 0.236 e. The van der Waals surface area contributed by atoms with Crippen molar-refractivity contribution in [2.75, 3.05) is 0 Å². The molecule has 0 spiro atoms.